The predicted octanol–water partition coefficient (Wildman–Crippen LogP) is 3.08. The number of aromatic nitrogens is 2. The maximum absolute atomic E-state index is 4.57. The normalized spacial score (nSPS) is 28.2. The summed E-state index contributed by atoms with van der Waals surface area (Å²) in [6.45, 7) is 6.95. The predicted molar refractivity (Wildman–Crippen MR) is 69.5 cm³/mol. The molecule has 1 saturated heterocycles. The van der Waals surface area contributed by atoms with Crippen LogP contribution in [-0.2, 0) is 0 Å². The fraction of sp³-hybridized carbons (Fsp3) is 0.714. The number of rotatable bonds is 1. The van der Waals surface area contributed by atoms with Gasteiger partial charge in [-0.3, -0.25) is 0 Å². The van der Waals surface area contributed by atoms with Gasteiger partial charge in [-0.05, 0) is 37.5 Å². The number of anilines is 1. The molecule has 1 aromatic heterocycles. The molecule has 1 fully saturated rings. The molecular weight excluding hydrogens is 210 g/mol. The van der Waals surface area contributed by atoms with Gasteiger partial charge >= 0.3 is 0 Å². The third kappa shape index (κ3) is 1.81. The molecule has 17 heavy (non-hydrogen) atoms. The van der Waals surface area contributed by atoms with Gasteiger partial charge in [0.05, 0.1) is 5.69 Å². The molecule has 92 valence electrons. The van der Waals surface area contributed by atoms with E-state index in [0.717, 1.165) is 0 Å². The van der Waals surface area contributed by atoms with Crippen molar-refractivity contribution in [1.29, 1.82) is 0 Å². The summed E-state index contributed by atoms with van der Waals surface area (Å²) in [6.07, 6.45) is 6.98. The van der Waals surface area contributed by atoms with Crippen LogP contribution >= 0.6 is 0 Å². The van der Waals surface area contributed by atoms with E-state index in [0.29, 0.717) is 11.8 Å². The number of hydrogen-bond acceptors (Lipinski definition) is 3. The molecule has 1 unspecified atom stereocenters. The van der Waals surface area contributed by atoms with Gasteiger partial charge in [0.25, 0.3) is 0 Å². The minimum Gasteiger partial charge on any atom is -0.356 e. The first-order valence-corrected chi connectivity index (χ1v) is 6.87. The standard InChI is InChI=1S/C14H21N3/c1-10-8-11(2)13-12(10)14(16-9-15-13)17-6-4-3-5-7-17/h9-11H,3-8H2,1-2H3/t10-,11?/m1/s1. The summed E-state index contributed by atoms with van der Waals surface area (Å²) in [7, 11) is 0. The van der Waals surface area contributed by atoms with Crippen molar-refractivity contribution >= 4 is 5.82 Å². The Hall–Kier alpha value is -1.12. The van der Waals surface area contributed by atoms with Gasteiger partial charge in [-0.1, -0.05) is 13.8 Å². The van der Waals surface area contributed by atoms with Crippen molar-refractivity contribution in [3.05, 3.63) is 17.6 Å². The fourth-order valence-electron chi connectivity index (χ4n) is 3.38. The van der Waals surface area contributed by atoms with Gasteiger partial charge < -0.3 is 4.90 Å². The molecule has 1 aliphatic carbocycles. The zero-order chi connectivity index (χ0) is 11.8. The molecule has 0 radical (unpaired) electrons. The molecule has 2 heterocycles. The van der Waals surface area contributed by atoms with Crippen LogP contribution in [0.4, 0.5) is 5.82 Å². The average Bonchev–Trinajstić information content (AvgIpc) is 2.66. The Morgan fingerprint density at radius 3 is 2.59 bits per heavy atom. The maximum Gasteiger partial charge on any atom is 0.135 e. The first-order chi connectivity index (χ1) is 8.27. The van der Waals surface area contributed by atoms with Crippen LogP contribution in [0, 0.1) is 0 Å². The van der Waals surface area contributed by atoms with Crippen LogP contribution in [0.2, 0.25) is 0 Å². The summed E-state index contributed by atoms with van der Waals surface area (Å²) < 4.78 is 0. The lowest BCUT2D eigenvalue weighted by Gasteiger charge is -2.29. The van der Waals surface area contributed by atoms with Crippen molar-refractivity contribution in [3.63, 3.8) is 0 Å². The van der Waals surface area contributed by atoms with E-state index in [1.165, 1.54) is 55.8 Å². The lowest BCUT2D eigenvalue weighted by Crippen LogP contribution is -2.31. The van der Waals surface area contributed by atoms with Gasteiger partial charge in [-0.15, -0.1) is 0 Å². The van der Waals surface area contributed by atoms with E-state index >= 15 is 0 Å². The van der Waals surface area contributed by atoms with E-state index in [9.17, 15) is 0 Å². The Bertz CT molecular complexity index is 410. The molecule has 0 saturated carbocycles. The number of fused-ring (bicyclic) bond motifs is 1. The van der Waals surface area contributed by atoms with E-state index in [4.69, 9.17) is 0 Å². The SMILES string of the molecule is CC1C[C@@H](C)c2c1ncnc2N1CCCCC1. The molecule has 0 N–H and O–H groups in total. The van der Waals surface area contributed by atoms with E-state index in [1.807, 2.05) is 0 Å². The summed E-state index contributed by atoms with van der Waals surface area (Å²) in [6, 6.07) is 0. The number of piperidine rings is 1. The number of hydrogen-bond donors (Lipinski definition) is 0. The lowest BCUT2D eigenvalue weighted by atomic mass is 10.0. The summed E-state index contributed by atoms with van der Waals surface area (Å²) in [5, 5.41) is 0. The summed E-state index contributed by atoms with van der Waals surface area (Å²) in [5.74, 6) is 2.45. The maximum atomic E-state index is 4.57. The first-order valence-electron chi connectivity index (χ1n) is 6.87. The highest BCUT2D eigenvalue weighted by molar-refractivity contribution is 5.53. The van der Waals surface area contributed by atoms with Crippen LogP contribution < -0.4 is 4.90 Å². The molecule has 0 spiro atoms. The molecule has 0 aromatic carbocycles. The second-order valence-corrected chi connectivity index (χ2v) is 5.58. The minimum atomic E-state index is 0.603. The fourth-order valence-corrected chi connectivity index (χ4v) is 3.38. The van der Waals surface area contributed by atoms with Crippen molar-refractivity contribution in [2.24, 2.45) is 0 Å². The zero-order valence-electron chi connectivity index (χ0n) is 10.8. The molecule has 0 bridgehead atoms. The molecule has 3 heteroatoms. The van der Waals surface area contributed by atoms with E-state index in [-0.39, 0.29) is 0 Å². The molecule has 2 aliphatic rings. The highest BCUT2D eigenvalue weighted by atomic mass is 15.2. The van der Waals surface area contributed by atoms with Gasteiger partial charge in [0, 0.05) is 18.7 Å². The van der Waals surface area contributed by atoms with Crippen LogP contribution in [0.3, 0.4) is 0 Å². The Labute approximate surface area is 103 Å². The van der Waals surface area contributed by atoms with Gasteiger partial charge in [0.2, 0.25) is 0 Å². The second kappa shape index (κ2) is 4.28. The van der Waals surface area contributed by atoms with Crippen LogP contribution in [0.25, 0.3) is 0 Å². The smallest absolute Gasteiger partial charge is 0.135 e. The summed E-state index contributed by atoms with van der Waals surface area (Å²) >= 11 is 0. The van der Waals surface area contributed by atoms with E-state index in [2.05, 4.69) is 28.7 Å². The first kappa shape index (κ1) is 11.0. The quantitative estimate of drug-likeness (QED) is 0.743. The highest BCUT2D eigenvalue weighted by Gasteiger charge is 2.31. The molecule has 0 amide bonds. The molecular formula is C14H21N3. The largest absolute Gasteiger partial charge is 0.356 e. The Balaban J connectivity index is 2.00. The monoisotopic (exact) mass is 231 g/mol. The minimum absolute atomic E-state index is 0.603. The van der Waals surface area contributed by atoms with Crippen molar-refractivity contribution in [1.82, 2.24) is 9.97 Å². The molecule has 1 aliphatic heterocycles. The Kier molecular flexibility index (Phi) is 2.77. The van der Waals surface area contributed by atoms with E-state index < -0.39 is 0 Å². The van der Waals surface area contributed by atoms with Crippen LogP contribution in [0.5, 0.6) is 0 Å². The lowest BCUT2D eigenvalue weighted by molar-refractivity contribution is 0.569. The average molecular weight is 231 g/mol. The molecule has 3 rings (SSSR count). The van der Waals surface area contributed by atoms with Crippen molar-refractivity contribution in [2.45, 2.75) is 51.4 Å². The number of nitrogens with zero attached hydrogens (tertiary/aromatic N) is 3. The van der Waals surface area contributed by atoms with Crippen molar-refractivity contribution in [3.8, 4) is 0 Å². The van der Waals surface area contributed by atoms with Crippen molar-refractivity contribution in [2.75, 3.05) is 18.0 Å². The van der Waals surface area contributed by atoms with Gasteiger partial charge in [0.1, 0.15) is 12.1 Å². The van der Waals surface area contributed by atoms with Gasteiger partial charge in [-0.2, -0.15) is 0 Å². The van der Waals surface area contributed by atoms with E-state index in [1.54, 1.807) is 6.33 Å². The molecule has 1 aromatic rings. The van der Waals surface area contributed by atoms with Crippen LogP contribution in [-0.4, -0.2) is 23.1 Å². The molecule has 3 nitrogen and oxygen atoms in total. The van der Waals surface area contributed by atoms with Crippen molar-refractivity contribution < 1.29 is 0 Å². The topological polar surface area (TPSA) is 29.0 Å². The summed E-state index contributed by atoms with van der Waals surface area (Å²) in [4.78, 5) is 11.6. The molecule has 2 atom stereocenters. The summed E-state index contributed by atoms with van der Waals surface area (Å²) in [5.41, 5.74) is 2.73. The Morgan fingerprint density at radius 1 is 1.06 bits per heavy atom. The highest BCUT2D eigenvalue weighted by Crippen LogP contribution is 2.43. The third-order valence-corrected chi connectivity index (χ3v) is 4.22. The van der Waals surface area contributed by atoms with Gasteiger partial charge in [0.15, 0.2) is 0 Å². The zero-order valence-corrected chi connectivity index (χ0v) is 10.8. The second-order valence-electron chi connectivity index (χ2n) is 5.58. The third-order valence-electron chi connectivity index (χ3n) is 4.22. The Morgan fingerprint density at radius 2 is 1.82 bits per heavy atom. The van der Waals surface area contributed by atoms with Gasteiger partial charge in [-0.25, -0.2) is 9.97 Å². The van der Waals surface area contributed by atoms with Crippen LogP contribution in [0.1, 0.15) is 62.6 Å². The van der Waals surface area contributed by atoms with Crippen LogP contribution in [0.15, 0.2) is 6.33 Å².